The second-order valence-corrected chi connectivity index (χ2v) is 4.74. The molecule has 0 aromatic heterocycles. The Kier molecular flexibility index (Phi) is 6.47. The fourth-order valence-corrected chi connectivity index (χ4v) is 1.81. The second kappa shape index (κ2) is 7.63. The third kappa shape index (κ3) is 4.61. The zero-order valence-electron chi connectivity index (χ0n) is 10.7. The molecule has 0 spiro atoms. The van der Waals surface area contributed by atoms with E-state index in [1.807, 2.05) is 6.92 Å². The number of aliphatic hydroxyl groups excluding tert-OH is 1. The first kappa shape index (κ1) is 14.4. The van der Waals surface area contributed by atoms with Gasteiger partial charge in [-0.25, -0.2) is 0 Å². The Morgan fingerprint density at radius 1 is 1.53 bits per heavy atom. The minimum Gasteiger partial charge on any atom is -0.396 e. The van der Waals surface area contributed by atoms with Gasteiger partial charge in [-0.2, -0.15) is 0 Å². The maximum Gasteiger partial charge on any atom is 0.227 e. The summed E-state index contributed by atoms with van der Waals surface area (Å²) < 4.78 is 5.35. The molecular weight excluding hydrogens is 220 g/mol. The van der Waals surface area contributed by atoms with Crippen molar-refractivity contribution in [1.82, 2.24) is 10.6 Å². The van der Waals surface area contributed by atoms with Gasteiger partial charge >= 0.3 is 0 Å². The number of carbonyl (C=O) groups excluding carboxylic acids is 1. The van der Waals surface area contributed by atoms with Crippen molar-refractivity contribution in [2.45, 2.75) is 26.3 Å². The molecule has 3 N–H and O–H groups in total. The van der Waals surface area contributed by atoms with Gasteiger partial charge in [-0.3, -0.25) is 4.79 Å². The number of ether oxygens (including phenoxy) is 1. The summed E-state index contributed by atoms with van der Waals surface area (Å²) in [5, 5.41) is 15.1. The lowest BCUT2D eigenvalue weighted by molar-refractivity contribution is -0.125. The summed E-state index contributed by atoms with van der Waals surface area (Å²) in [6.45, 7) is 6.61. The SMILES string of the molecule is CCCNC1COCC1C(=O)NCC(C)CO. The van der Waals surface area contributed by atoms with Crippen LogP contribution in [0, 0.1) is 11.8 Å². The number of hydrogen-bond acceptors (Lipinski definition) is 4. The van der Waals surface area contributed by atoms with E-state index in [-0.39, 0.29) is 30.4 Å². The van der Waals surface area contributed by atoms with Gasteiger partial charge in [0.05, 0.1) is 19.1 Å². The van der Waals surface area contributed by atoms with E-state index in [9.17, 15) is 4.79 Å². The molecule has 17 heavy (non-hydrogen) atoms. The molecule has 1 heterocycles. The van der Waals surface area contributed by atoms with Crippen molar-refractivity contribution in [1.29, 1.82) is 0 Å². The Morgan fingerprint density at radius 3 is 2.94 bits per heavy atom. The van der Waals surface area contributed by atoms with E-state index < -0.39 is 0 Å². The van der Waals surface area contributed by atoms with Crippen molar-refractivity contribution in [2.24, 2.45) is 11.8 Å². The molecule has 0 bridgehead atoms. The summed E-state index contributed by atoms with van der Waals surface area (Å²) >= 11 is 0. The van der Waals surface area contributed by atoms with E-state index >= 15 is 0 Å². The first-order chi connectivity index (χ1) is 8.19. The number of nitrogens with one attached hydrogen (secondary N) is 2. The Morgan fingerprint density at radius 2 is 2.29 bits per heavy atom. The highest BCUT2D eigenvalue weighted by Gasteiger charge is 2.33. The first-order valence-electron chi connectivity index (χ1n) is 6.38. The van der Waals surface area contributed by atoms with Gasteiger partial charge in [0.15, 0.2) is 0 Å². The monoisotopic (exact) mass is 244 g/mol. The molecule has 100 valence electrons. The molecule has 5 nitrogen and oxygen atoms in total. The Labute approximate surface area is 103 Å². The standard InChI is InChI=1S/C12H24N2O3/c1-3-4-13-11-8-17-7-10(11)12(16)14-5-9(2)6-15/h9-11,13,15H,3-8H2,1-2H3,(H,14,16). The fraction of sp³-hybridized carbons (Fsp3) is 0.917. The Hall–Kier alpha value is -0.650. The molecular formula is C12H24N2O3. The van der Waals surface area contributed by atoms with Crippen LogP contribution in [0.4, 0.5) is 0 Å². The quantitative estimate of drug-likeness (QED) is 0.577. The minimum absolute atomic E-state index is 0.0244. The van der Waals surface area contributed by atoms with Crippen LogP contribution in [0.25, 0.3) is 0 Å². The van der Waals surface area contributed by atoms with Crippen LogP contribution in [0.5, 0.6) is 0 Å². The van der Waals surface area contributed by atoms with Gasteiger partial charge in [0.2, 0.25) is 5.91 Å². The van der Waals surface area contributed by atoms with Crippen molar-refractivity contribution < 1.29 is 14.6 Å². The van der Waals surface area contributed by atoms with Gasteiger partial charge in [0.25, 0.3) is 0 Å². The topological polar surface area (TPSA) is 70.6 Å². The van der Waals surface area contributed by atoms with E-state index in [2.05, 4.69) is 17.6 Å². The number of aliphatic hydroxyl groups is 1. The molecule has 1 amide bonds. The molecule has 1 aliphatic heterocycles. The smallest absolute Gasteiger partial charge is 0.227 e. The average Bonchev–Trinajstić information content (AvgIpc) is 2.81. The van der Waals surface area contributed by atoms with E-state index in [1.165, 1.54) is 0 Å². The zero-order valence-corrected chi connectivity index (χ0v) is 10.7. The molecule has 0 aromatic rings. The molecule has 0 aromatic carbocycles. The van der Waals surface area contributed by atoms with Gasteiger partial charge in [-0.05, 0) is 18.9 Å². The first-order valence-corrected chi connectivity index (χ1v) is 6.38. The number of hydrogen-bond donors (Lipinski definition) is 3. The van der Waals surface area contributed by atoms with Crippen molar-refractivity contribution in [3.05, 3.63) is 0 Å². The van der Waals surface area contributed by atoms with Crippen LogP contribution in [0.1, 0.15) is 20.3 Å². The summed E-state index contributed by atoms with van der Waals surface area (Å²) in [4.78, 5) is 11.9. The summed E-state index contributed by atoms with van der Waals surface area (Å²) in [5.41, 5.74) is 0. The Bertz CT molecular complexity index is 236. The van der Waals surface area contributed by atoms with E-state index in [0.717, 1.165) is 13.0 Å². The molecule has 0 radical (unpaired) electrons. The third-order valence-corrected chi connectivity index (χ3v) is 3.01. The lowest BCUT2D eigenvalue weighted by Gasteiger charge is -2.19. The lowest BCUT2D eigenvalue weighted by atomic mass is 10.0. The van der Waals surface area contributed by atoms with Crippen molar-refractivity contribution in [2.75, 3.05) is 32.9 Å². The summed E-state index contributed by atoms with van der Waals surface area (Å²) in [6, 6.07) is 0.124. The molecule has 0 saturated carbocycles. The molecule has 1 aliphatic rings. The summed E-state index contributed by atoms with van der Waals surface area (Å²) in [5.74, 6) is 0.0205. The largest absolute Gasteiger partial charge is 0.396 e. The molecule has 0 aliphatic carbocycles. The average molecular weight is 244 g/mol. The van der Waals surface area contributed by atoms with Gasteiger partial charge < -0.3 is 20.5 Å². The predicted molar refractivity (Wildman–Crippen MR) is 65.7 cm³/mol. The minimum atomic E-state index is -0.104. The van der Waals surface area contributed by atoms with Crippen LogP contribution in [0.15, 0.2) is 0 Å². The predicted octanol–water partition coefficient (Wildman–Crippen LogP) is -0.254. The van der Waals surface area contributed by atoms with E-state index in [1.54, 1.807) is 0 Å². The van der Waals surface area contributed by atoms with Crippen molar-refractivity contribution >= 4 is 5.91 Å². The summed E-state index contributed by atoms with van der Waals surface area (Å²) in [7, 11) is 0. The van der Waals surface area contributed by atoms with Crippen LogP contribution in [-0.2, 0) is 9.53 Å². The van der Waals surface area contributed by atoms with Crippen molar-refractivity contribution in [3.63, 3.8) is 0 Å². The zero-order chi connectivity index (χ0) is 12.7. The van der Waals surface area contributed by atoms with Crippen molar-refractivity contribution in [3.8, 4) is 0 Å². The molecule has 5 heteroatoms. The van der Waals surface area contributed by atoms with E-state index in [4.69, 9.17) is 9.84 Å². The molecule has 1 saturated heterocycles. The molecule has 1 fully saturated rings. The second-order valence-electron chi connectivity index (χ2n) is 4.74. The maximum atomic E-state index is 11.9. The van der Waals surface area contributed by atoms with Crippen LogP contribution in [-0.4, -0.2) is 50.0 Å². The maximum absolute atomic E-state index is 11.9. The number of amides is 1. The van der Waals surface area contributed by atoms with Crippen LogP contribution >= 0.6 is 0 Å². The van der Waals surface area contributed by atoms with Crippen LogP contribution in [0.2, 0.25) is 0 Å². The fourth-order valence-electron chi connectivity index (χ4n) is 1.81. The molecule has 3 atom stereocenters. The normalized spacial score (nSPS) is 25.8. The highest BCUT2D eigenvalue weighted by molar-refractivity contribution is 5.79. The van der Waals surface area contributed by atoms with Crippen LogP contribution < -0.4 is 10.6 Å². The summed E-state index contributed by atoms with van der Waals surface area (Å²) in [6.07, 6.45) is 1.05. The third-order valence-electron chi connectivity index (χ3n) is 3.01. The molecule has 3 unspecified atom stereocenters. The van der Waals surface area contributed by atoms with Gasteiger partial charge in [-0.15, -0.1) is 0 Å². The van der Waals surface area contributed by atoms with E-state index in [0.29, 0.717) is 19.8 Å². The highest BCUT2D eigenvalue weighted by Crippen LogP contribution is 2.14. The van der Waals surface area contributed by atoms with Gasteiger partial charge in [0, 0.05) is 19.2 Å². The number of carbonyl (C=O) groups is 1. The van der Waals surface area contributed by atoms with Gasteiger partial charge in [0.1, 0.15) is 0 Å². The lowest BCUT2D eigenvalue weighted by Crippen LogP contribution is -2.45. The molecule has 1 rings (SSSR count). The number of rotatable bonds is 7. The Balaban J connectivity index is 2.33. The van der Waals surface area contributed by atoms with Crippen LogP contribution in [0.3, 0.4) is 0 Å². The van der Waals surface area contributed by atoms with Gasteiger partial charge in [-0.1, -0.05) is 13.8 Å². The highest BCUT2D eigenvalue weighted by atomic mass is 16.5.